The van der Waals surface area contributed by atoms with Crippen LogP contribution in [0, 0.1) is 6.92 Å². The first kappa shape index (κ1) is 24.4. The summed E-state index contributed by atoms with van der Waals surface area (Å²) in [6.45, 7) is 5.86. The molecule has 1 aromatic heterocycles. The minimum atomic E-state index is -0.176. The average molecular weight is 478 g/mol. The monoisotopic (exact) mass is 477 g/mol. The van der Waals surface area contributed by atoms with Gasteiger partial charge < -0.3 is 15.0 Å². The van der Waals surface area contributed by atoms with Crippen LogP contribution in [-0.4, -0.2) is 53.0 Å². The number of hydrogen-bond donors (Lipinski definition) is 2. The molecule has 3 heterocycles. The second-order valence-corrected chi connectivity index (χ2v) is 8.77. The zero-order valence-electron chi connectivity index (χ0n) is 20.2. The van der Waals surface area contributed by atoms with E-state index < -0.39 is 0 Å². The lowest BCUT2D eigenvalue weighted by Gasteiger charge is -2.33. The van der Waals surface area contributed by atoms with Crippen LogP contribution in [0.2, 0.25) is 0 Å². The van der Waals surface area contributed by atoms with E-state index in [-0.39, 0.29) is 30.1 Å². The Kier molecular flexibility index (Phi) is 7.74. The summed E-state index contributed by atoms with van der Waals surface area (Å²) in [7, 11) is 0. The number of rotatable bonds is 7. The maximum Gasteiger partial charge on any atom is 0.270 e. The first-order chi connectivity index (χ1) is 17.0. The zero-order chi connectivity index (χ0) is 24.8. The third kappa shape index (κ3) is 5.85. The van der Waals surface area contributed by atoms with Crippen LogP contribution in [0.1, 0.15) is 65.8 Å². The first-order valence-electron chi connectivity index (χ1n) is 12.1. The standard InChI is InChI=1S/C26H31N5O4/c1-3-35-22-7-5-4-6-19(22)16-27-25(33)20-9-8-17(2)28-24(20)18-12-14-31(15-13-18)26(34)21-10-11-23(32)30-29-21/h4-9,18H,3,10-16H2,1-2H3,(H,27,33)(H,30,32). The van der Waals surface area contributed by atoms with Gasteiger partial charge in [-0.1, -0.05) is 18.2 Å². The Bertz CT molecular complexity index is 1140. The molecular formula is C26H31N5O4. The number of hydrazone groups is 1. The van der Waals surface area contributed by atoms with Crippen molar-refractivity contribution in [2.24, 2.45) is 5.10 Å². The quantitative estimate of drug-likeness (QED) is 0.637. The Morgan fingerprint density at radius 2 is 1.91 bits per heavy atom. The molecule has 35 heavy (non-hydrogen) atoms. The van der Waals surface area contributed by atoms with Crippen molar-refractivity contribution < 1.29 is 19.1 Å². The lowest BCUT2D eigenvalue weighted by atomic mass is 9.89. The molecular weight excluding hydrogens is 446 g/mol. The third-order valence-corrected chi connectivity index (χ3v) is 6.34. The Hall–Kier alpha value is -3.75. The van der Waals surface area contributed by atoms with Crippen molar-refractivity contribution in [2.45, 2.75) is 52.0 Å². The minimum Gasteiger partial charge on any atom is -0.494 e. The van der Waals surface area contributed by atoms with Gasteiger partial charge in [0.15, 0.2) is 0 Å². The number of carbonyl (C=O) groups is 3. The third-order valence-electron chi connectivity index (χ3n) is 6.34. The van der Waals surface area contributed by atoms with E-state index in [2.05, 4.69) is 15.8 Å². The normalized spacial score (nSPS) is 16.3. The van der Waals surface area contributed by atoms with E-state index in [9.17, 15) is 14.4 Å². The van der Waals surface area contributed by atoms with Gasteiger partial charge in [-0.2, -0.15) is 5.10 Å². The Morgan fingerprint density at radius 1 is 1.14 bits per heavy atom. The molecule has 0 aliphatic carbocycles. The van der Waals surface area contributed by atoms with Gasteiger partial charge in [0.25, 0.3) is 11.8 Å². The van der Waals surface area contributed by atoms with Gasteiger partial charge >= 0.3 is 0 Å². The molecule has 3 amide bonds. The molecule has 184 valence electrons. The number of nitrogens with zero attached hydrogens (tertiary/aromatic N) is 3. The molecule has 0 spiro atoms. The molecule has 9 heteroatoms. The molecule has 1 saturated heterocycles. The number of para-hydroxylation sites is 1. The predicted octanol–water partition coefficient (Wildman–Crippen LogP) is 2.69. The topological polar surface area (TPSA) is 113 Å². The molecule has 2 aromatic rings. The van der Waals surface area contributed by atoms with Gasteiger partial charge in [0.05, 0.1) is 17.9 Å². The molecule has 0 saturated carbocycles. The molecule has 1 aromatic carbocycles. The number of likely N-dealkylation sites (tertiary alicyclic amines) is 1. The summed E-state index contributed by atoms with van der Waals surface area (Å²) in [4.78, 5) is 43.7. The van der Waals surface area contributed by atoms with Crippen LogP contribution in [0.4, 0.5) is 0 Å². The number of ether oxygens (including phenoxy) is 1. The summed E-state index contributed by atoms with van der Waals surface area (Å²) < 4.78 is 5.66. The van der Waals surface area contributed by atoms with E-state index in [1.54, 1.807) is 4.90 Å². The highest BCUT2D eigenvalue weighted by atomic mass is 16.5. The van der Waals surface area contributed by atoms with Crippen LogP contribution in [0.3, 0.4) is 0 Å². The molecule has 2 aliphatic heterocycles. The van der Waals surface area contributed by atoms with E-state index in [0.717, 1.165) is 22.7 Å². The number of pyridine rings is 1. The van der Waals surface area contributed by atoms with E-state index in [0.29, 0.717) is 56.8 Å². The van der Waals surface area contributed by atoms with E-state index in [4.69, 9.17) is 9.72 Å². The van der Waals surface area contributed by atoms with Crippen molar-refractivity contribution in [1.82, 2.24) is 20.6 Å². The van der Waals surface area contributed by atoms with Crippen molar-refractivity contribution in [3.63, 3.8) is 0 Å². The molecule has 4 rings (SSSR count). The van der Waals surface area contributed by atoms with Crippen LogP contribution >= 0.6 is 0 Å². The van der Waals surface area contributed by atoms with Gasteiger partial charge in [-0.05, 0) is 44.9 Å². The molecule has 0 atom stereocenters. The zero-order valence-corrected chi connectivity index (χ0v) is 20.2. The number of piperidine rings is 1. The molecule has 0 unspecified atom stereocenters. The maximum atomic E-state index is 13.2. The number of benzene rings is 1. The predicted molar refractivity (Wildman–Crippen MR) is 131 cm³/mol. The SMILES string of the molecule is CCOc1ccccc1CNC(=O)c1ccc(C)nc1C1CCN(C(=O)C2=NNC(=O)CC2)CC1. The summed E-state index contributed by atoms with van der Waals surface area (Å²) in [6.07, 6.45) is 2.05. The minimum absolute atomic E-state index is 0.0726. The van der Waals surface area contributed by atoms with Crippen LogP contribution in [-0.2, 0) is 16.1 Å². The van der Waals surface area contributed by atoms with Gasteiger partial charge in [-0.15, -0.1) is 0 Å². The van der Waals surface area contributed by atoms with Crippen molar-refractivity contribution in [2.75, 3.05) is 19.7 Å². The largest absolute Gasteiger partial charge is 0.494 e. The highest BCUT2D eigenvalue weighted by molar-refractivity contribution is 6.39. The fraction of sp³-hybridized carbons (Fsp3) is 0.423. The van der Waals surface area contributed by atoms with E-state index >= 15 is 0 Å². The summed E-state index contributed by atoms with van der Waals surface area (Å²) >= 11 is 0. The van der Waals surface area contributed by atoms with Crippen molar-refractivity contribution in [1.29, 1.82) is 0 Å². The van der Waals surface area contributed by atoms with Crippen LogP contribution in [0.5, 0.6) is 5.75 Å². The molecule has 1 fully saturated rings. The smallest absolute Gasteiger partial charge is 0.270 e. The number of amides is 3. The second kappa shape index (κ2) is 11.1. The summed E-state index contributed by atoms with van der Waals surface area (Å²) in [5.74, 6) is 0.356. The van der Waals surface area contributed by atoms with Crippen molar-refractivity contribution >= 4 is 23.4 Å². The van der Waals surface area contributed by atoms with E-state index in [1.807, 2.05) is 50.2 Å². The fourth-order valence-electron chi connectivity index (χ4n) is 4.46. The van der Waals surface area contributed by atoms with Gasteiger partial charge in [-0.3, -0.25) is 19.4 Å². The highest BCUT2D eigenvalue weighted by Gasteiger charge is 2.30. The highest BCUT2D eigenvalue weighted by Crippen LogP contribution is 2.30. The number of aromatic nitrogens is 1. The second-order valence-electron chi connectivity index (χ2n) is 8.77. The van der Waals surface area contributed by atoms with Gasteiger partial charge in [-0.25, -0.2) is 5.43 Å². The van der Waals surface area contributed by atoms with E-state index in [1.165, 1.54) is 0 Å². The van der Waals surface area contributed by atoms with Crippen LogP contribution in [0.15, 0.2) is 41.5 Å². The lowest BCUT2D eigenvalue weighted by Crippen LogP contribution is -2.44. The van der Waals surface area contributed by atoms with Gasteiger partial charge in [0.1, 0.15) is 11.5 Å². The Morgan fingerprint density at radius 3 is 2.63 bits per heavy atom. The molecule has 9 nitrogen and oxygen atoms in total. The summed E-state index contributed by atoms with van der Waals surface area (Å²) in [6, 6.07) is 11.3. The molecule has 0 radical (unpaired) electrons. The molecule has 2 N–H and O–H groups in total. The molecule has 2 aliphatic rings. The first-order valence-corrected chi connectivity index (χ1v) is 12.1. The van der Waals surface area contributed by atoms with Crippen molar-refractivity contribution in [3.8, 4) is 5.75 Å². The van der Waals surface area contributed by atoms with Gasteiger partial charge in [0.2, 0.25) is 5.91 Å². The fourth-order valence-corrected chi connectivity index (χ4v) is 4.46. The van der Waals surface area contributed by atoms with Crippen LogP contribution < -0.4 is 15.5 Å². The number of nitrogens with one attached hydrogen (secondary N) is 2. The average Bonchev–Trinajstić information content (AvgIpc) is 2.88. The Balaban J connectivity index is 1.42. The summed E-state index contributed by atoms with van der Waals surface area (Å²) in [5.41, 5.74) is 5.88. The Labute approximate surface area is 204 Å². The van der Waals surface area contributed by atoms with Gasteiger partial charge in [0, 0.05) is 49.7 Å². The number of aryl methyl sites for hydroxylation is 1. The van der Waals surface area contributed by atoms with Crippen molar-refractivity contribution in [3.05, 3.63) is 58.9 Å². The number of hydrogen-bond acceptors (Lipinski definition) is 6. The maximum absolute atomic E-state index is 13.2. The van der Waals surface area contributed by atoms with Crippen LogP contribution in [0.25, 0.3) is 0 Å². The number of carbonyl (C=O) groups excluding carboxylic acids is 3. The molecule has 0 bridgehead atoms. The summed E-state index contributed by atoms with van der Waals surface area (Å²) in [5, 5.41) is 6.94. The lowest BCUT2D eigenvalue weighted by molar-refractivity contribution is -0.125.